The molecule has 0 saturated carbocycles. The average molecular weight is 388 g/mol. The summed E-state index contributed by atoms with van der Waals surface area (Å²) >= 11 is 6.26. The Balaban J connectivity index is 2.01. The average Bonchev–Trinajstić information content (AvgIpc) is 2.99. The fraction of sp³-hybridized carbons (Fsp3) is 0.158. The van der Waals surface area contributed by atoms with E-state index in [9.17, 15) is 8.42 Å². The minimum atomic E-state index is -3.07. The molecule has 0 unspecified atom stereocenters. The molecule has 3 rings (SSSR count). The second-order valence-corrected chi connectivity index (χ2v) is 8.52. The van der Waals surface area contributed by atoms with Crippen molar-refractivity contribution >= 4 is 21.4 Å². The van der Waals surface area contributed by atoms with Crippen molar-refractivity contribution in [3.63, 3.8) is 0 Å². The molecule has 1 aromatic heterocycles. The van der Waals surface area contributed by atoms with Crippen molar-refractivity contribution in [1.82, 2.24) is 14.8 Å². The number of halogens is 1. The summed E-state index contributed by atoms with van der Waals surface area (Å²) in [5.74, 6) is 1.22. The molecule has 134 valence electrons. The molecule has 0 atom stereocenters. The van der Waals surface area contributed by atoms with Crippen LogP contribution in [-0.2, 0) is 22.1 Å². The van der Waals surface area contributed by atoms with Crippen LogP contribution in [0.25, 0.3) is 22.8 Å². The van der Waals surface area contributed by atoms with Crippen LogP contribution in [0.2, 0.25) is 5.02 Å². The van der Waals surface area contributed by atoms with Gasteiger partial charge in [0.05, 0.1) is 17.3 Å². The van der Waals surface area contributed by atoms with E-state index in [4.69, 9.17) is 11.6 Å². The molecule has 0 aliphatic carbocycles. The quantitative estimate of drug-likeness (QED) is 0.600. The van der Waals surface area contributed by atoms with Gasteiger partial charge in [-0.2, -0.15) is 5.10 Å². The van der Waals surface area contributed by atoms with Crippen molar-refractivity contribution in [2.45, 2.75) is 12.3 Å². The van der Waals surface area contributed by atoms with Crippen molar-refractivity contribution in [2.75, 3.05) is 6.26 Å². The number of nitrogens with zero attached hydrogens (tertiary/aromatic N) is 3. The molecular weight excluding hydrogens is 370 g/mol. The van der Waals surface area contributed by atoms with E-state index in [1.54, 1.807) is 29.0 Å². The normalized spacial score (nSPS) is 11.5. The second-order valence-electron chi connectivity index (χ2n) is 5.98. The molecule has 0 N–H and O–H groups in total. The summed E-state index contributed by atoms with van der Waals surface area (Å²) in [5, 5.41) is 5.12. The number of aromatic nitrogens is 3. The first-order valence-electron chi connectivity index (χ1n) is 7.95. The van der Waals surface area contributed by atoms with Crippen LogP contribution in [0, 0.1) is 0 Å². The standard InChI is InChI=1S/C19H18ClN3O2S/c1-3-12-23-19(15-10-8-14(9-11-15)13-26(2,24)25)21-18(22-23)16-6-4-5-7-17(16)20/h3-11H,1,12-13H2,2H3. The summed E-state index contributed by atoms with van der Waals surface area (Å²) in [4.78, 5) is 4.64. The van der Waals surface area contributed by atoms with Crippen LogP contribution in [0.3, 0.4) is 0 Å². The molecule has 5 nitrogen and oxygen atoms in total. The summed E-state index contributed by atoms with van der Waals surface area (Å²) < 4.78 is 24.6. The number of rotatable bonds is 6. The largest absolute Gasteiger partial charge is 0.241 e. The Hall–Kier alpha value is -2.44. The smallest absolute Gasteiger partial charge is 0.183 e. The van der Waals surface area contributed by atoms with Gasteiger partial charge in [-0.3, -0.25) is 0 Å². The molecule has 3 aromatic rings. The van der Waals surface area contributed by atoms with E-state index in [2.05, 4.69) is 16.7 Å². The zero-order valence-electron chi connectivity index (χ0n) is 14.3. The molecule has 0 spiro atoms. The van der Waals surface area contributed by atoms with Gasteiger partial charge < -0.3 is 0 Å². The van der Waals surface area contributed by atoms with E-state index < -0.39 is 9.84 Å². The predicted molar refractivity (Wildman–Crippen MR) is 105 cm³/mol. The summed E-state index contributed by atoms with van der Waals surface area (Å²) in [6.07, 6.45) is 2.96. The first-order valence-corrected chi connectivity index (χ1v) is 10.4. The fourth-order valence-corrected chi connectivity index (χ4v) is 3.63. The van der Waals surface area contributed by atoms with Crippen molar-refractivity contribution in [3.05, 3.63) is 71.8 Å². The van der Waals surface area contributed by atoms with E-state index in [0.29, 0.717) is 23.2 Å². The van der Waals surface area contributed by atoms with Gasteiger partial charge >= 0.3 is 0 Å². The maximum absolute atomic E-state index is 11.4. The minimum Gasteiger partial charge on any atom is -0.241 e. The number of allylic oxidation sites excluding steroid dienone is 1. The van der Waals surface area contributed by atoms with Gasteiger partial charge in [-0.1, -0.05) is 54.1 Å². The number of hydrogen-bond acceptors (Lipinski definition) is 4. The van der Waals surface area contributed by atoms with Crippen LogP contribution in [0.1, 0.15) is 5.56 Å². The molecule has 0 aliphatic rings. The van der Waals surface area contributed by atoms with Crippen LogP contribution < -0.4 is 0 Å². The summed E-state index contributed by atoms with van der Waals surface area (Å²) in [6, 6.07) is 14.7. The molecule has 0 amide bonds. The van der Waals surface area contributed by atoms with Gasteiger partial charge in [-0.05, 0) is 17.7 Å². The molecule has 0 bridgehead atoms. The van der Waals surface area contributed by atoms with Gasteiger partial charge in [0.2, 0.25) is 0 Å². The summed E-state index contributed by atoms with van der Waals surface area (Å²) in [6.45, 7) is 4.26. The predicted octanol–water partition coefficient (Wildman–Crippen LogP) is 4.00. The Morgan fingerprint density at radius 3 is 2.46 bits per heavy atom. The Bertz CT molecular complexity index is 1040. The fourth-order valence-electron chi connectivity index (χ4n) is 2.61. The first kappa shape index (κ1) is 18.4. The van der Waals surface area contributed by atoms with Gasteiger partial charge in [0, 0.05) is 17.4 Å². The lowest BCUT2D eigenvalue weighted by Crippen LogP contribution is -2.02. The molecule has 0 saturated heterocycles. The molecular formula is C19H18ClN3O2S. The van der Waals surface area contributed by atoms with Crippen molar-refractivity contribution in [2.24, 2.45) is 0 Å². The zero-order valence-corrected chi connectivity index (χ0v) is 15.8. The van der Waals surface area contributed by atoms with Crippen LogP contribution in [0.4, 0.5) is 0 Å². The highest BCUT2D eigenvalue weighted by Crippen LogP contribution is 2.28. The SMILES string of the molecule is C=CCn1nc(-c2ccccc2Cl)nc1-c1ccc(CS(C)(=O)=O)cc1. The van der Waals surface area contributed by atoms with Gasteiger partial charge in [0.25, 0.3) is 0 Å². The van der Waals surface area contributed by atoms with Crippen molar-refractivity contribution < 1.29 is 8.42 Å². The number of sulfone groups is 1. The highest BCUT2D eigenvalue weighted by molar-refractivity contribution is 7.89. The van der Waals surface area contributed by atoms with E-state index in [1.807, 2.05) is 30.3 Å². The molecule has 0 radical (unpaired) electrons. The Kier molecular flexibility index (Phi) is 5.25. The zero-order chi connectivity index (χ0) is 18.7. The number of benzene rings is 2. The van der Waals surface area contributed by atoms with Crippen LogP contribution in [0.15, 0.2) is 61.2 Å². The van der Waals surface area contributed by atoms with Crippen LogP contribution in [0.5, 0.6) is 0 Å². The van der Waals surface area contributed by atoms with E-state index in [0.717, 1.165) is 16.7 Å². The summed E-state index contributed by atoms with van der Waals surface area (Å²) in [5.41, 5.74) is 2.33. The third-order valence-electron chi connectivity index (χ3n) is 3.73. The molecule has 2 aromatic carbocycles. The van der Waals surface area contributed by atoms with Gasteiger partial charge in [-0.25, -0.2) is 18.1 Å². The minimum absolute atomic E-state index is 0.0114. The van der Waals surface area contributed by atoms with Gasteiger partial charge in [0.1, 0.15) is 0 Å². The molecule has 1 heterocycles. The van der Waals surface area contributed by atoms with Crippen LogP contribution in [-0.4, -0.2) is 29.4 Å². The van der Waals surface area contributed by atoms with Crippen molar-refractivity contribution in [1.29, 1.82) is 0 Å². The van der Waals surface area contributed by atoms with Crippen molar-refractivity contribution in [3.8, 4) is 22.8 Å². The summed E-state index contributed by atoms with van der Waals surface area (Å²) in [7, 11) is -3.07. The number of hydrogen-bond donors (Lipinski definition) is 0. The monoisotopic (exact) mass is 387 g/mol. The van der Waals surface area contributed by atoms with E-state index >= 15 is 0 Å². The maximum Gasteiger partial charge on any atom is 0.183 e. The Morgan fingerprint density at radius 1 is 1.15 bits per heavy atom. The highest BCUT2D eigenvalue weighted by atomic mass is 35.5. The van der Waals surface area contributed by atoms with E-state index in [1.165, 1.54) is 6.26 Å². The van der Waals surface area contributed by atoms with Gasteiger partial charge in [0.15, 0.2) is 21.5 Å². The lowest BCUT2D eigenvalue weighted by Gasteiger charge is -2.04. The Morgan fingerprint density at radius 2 is 1.85 bits per heavy atom. The van der Waals surface area contributed by atoms with Gasteiger partial charge in [-0.15, -0.1) is 6.58 Å². The Labute approximate surface area is 157 Å². The highest BCUT2D eigenvalue weighted by Gasteiger charge is 2.15. The molecule has 0 aliphatic heterocycles. The lowest BCUT2D eigenvalue weighted by molar-refractivity contribution is 0.601. The lowest BCUT2D eigenvalue weighted by atomic mass is 10.1. The maximum atomic E-state index is 11.4. The van der Waals surface area contributed by atoms with Crippen LogP contribution >= 0.6 is 11.6 Å². The third-order valence-corrected chi connectivity index (χ3v) is 4.92. The third kappa shape index (κ3) is 4.20. The second kappa shape index (κ2) is 7.43. The van der Waals surface area contributed by atoms with E-state index in [-0.39, 0.29) is 5.75 Å². The molecule has 0 fully saturated rings. The molecule has 26 heavy (non-hydrogen) atoms. The first-order chi connectivity index (χ1) is 12.4. The molecule has 7 heteroatoms. The topological polar surface area (TPSA) is 64.8 Å².